The first-order valence-corrected chi connectivity index (χ1v) is 10.1. The van der Waals surface area contributed by atoms with E-state index in [1.807, 2.05) is 0 Å². The second-order valence-electron chi connectivity index (χ2n) is 6.69. The number of hydrogen-bond donors (Lipinski definition) is 3. The van der Waals surface area contributed by atoms with Gasteiger partial charge in [0.25, 0.3) is 0 Å². The van der Waals surface area contributed by atoms with Crippen LogP contribution in [0.3, 0.4) is 0 Å². The monoisotopic (exact) mass is 465 g/mol. The molecule has 0 spiro atoms. The van der Waals surface area contributed by atoms with Crippen molar-refractivity contribution in [1.29, 1.82) is 0 Å². The second kappa shape index (κ2) is 8.29. The van der Waals surface area contributed by atoms with Gasteiger partial charge in [-0.1, -0.05) is 41.4 Å². The number of aromatic amines is 2. The van der Waals surface area contributed by atoms with Crippen molar-refractivity contribution in [3.8, 4) is 28.5 Å². The molecule has 3 N–H and O–H groups in total. The minimum absolute atomic E-state index is 0.338. The Morgan fingerprint density at radius 1 is 1.00 bits per heavy atom. The molecule has 5 rings (SSSR count). The highest BCUT2D eigenvalue weighted by atomic mass is 35.5. The maximum Gasteiger partial charge on any atom is 0.417 e. The van der Waals surface area contributed by atoms with Crippen molar-refractivity contribution in [3.05, 3.63) is 70.7 Å². The van der Waals surface area contributed by atoms with E-state index in [9.17, 15) is 4.79 Å². The molecule has 158 valence electrons. The Kier molecular flexibility index (Phi) is 5.18. The number of benzene rings is 3. The molecule has 2 heterocycles. The lowest BCUT2D eigenvalue weighted by molar-refractivity contribution is 0.215. The molecule has 1 amide bonds. The van der Waals surface area contributed by atoms with Gasteiger partial charge >= 0.3 is 6.09 Å². The molecule has 0 aliphatic heterocycles. The van der Waals surface area contributed by atoms with Crippen LogP contribution in [0.25, 0.3) is 33.8 Å². The van der Waals surface area contributed by atoms with E-state index in [1.165, 1.54) is 0 Å². The highest BCUT2D eigenvalue weighted by Crippen LogP contribution is 2.34. The van der Waals surface area contributed by atoms with Gasteiger partial charge in [-0.25, -0.2) is 9.78 Å². The fraction of sp³-hybridized carbons (Fsp3) is 0. The summed E-state index contributed by atoms with van der Waals surface area (Å²) in [4.78, 5) is 20.1. The van der Waals surface area contributed by atoms with E-state index in [1.54, 1.807) is 60.7 Å². The molecule has 0 aliphatic carbocycles. The number of imidazole rings is 1. The van der Waals surface area contributed by atoms with E-state index in [4.69, 9.17) is 27.9 Å². The van der Waals surface area contributed by atoms with Crippen LogP contribution in [0.5, 0.6) is 5.75 Å². The average Bonchev–Trinajstić information content (AvgIpc) is 3.43. The zero-order valence-corrected chi connectivity index (χ0v) is 17.6. The molecule has 2 aromatic heterocycles. The lowest BCUT2D eigenvalue weighted by atomic mass is 10.2. The van der Waals surface area contributed by atoms with Crippen LogP contribution in [-0.2, 0) is 0 Å². The van der Waals surface area contributed by atoms with Crippen molar-refractivity contribution < 1.29 is 9.53 Å². The highest BCUT2D eigenvalue weighted by Gasteiger charge is 2.14. The Morgan fingerprint density at radius 2 is 1.81 bits per heavy atom. The number of nitrogens with zero attached hydrogens (tertiary/aromatic N) is 4. The molecule has 0 unspecified atom stereocenters. The molecule has 3 aromatic carbocycles. The van der Waals surface area contributed by atoms with Crippen LogP contribution in [0.1, 0.15) is 0 Å². The number of anilines is 1. The molecule has 0 aliphatic rings. The zero-order valence-electron chi connectivity index (χ0n) is 16.1. The number of rotatable bonds is 4. The fourth-order valence-corrected chi connectivity index (χ4v) is 3.74. The van der Waals surface area contributed by atoms with E-state index >= 15 is 0 Å². The van der Waals surface area contributed by atoms with Crippen molar-refractivity contribution in [3.63, 3.8) is 0 Å². The van der Waals surface area contributed by atoms with Crippen LogP contribution in [-0.4, -0.2) is 36.7 Å². The predicted molar refractivity (Wildman–Crippen MR) is 121 cm³/mol. The predicted octanol–water partition coefficient (Wildman–Crippen LogP) is 5.33. The molecule has 0 atom stereocenters. The van der Waals surface area contributed by atoms with Crippen molar-refractivity contribution in [2.75, 3.05) is 5.32 Å². The third-order valence-electron chi connectivity index (χ3n) is 4.58. The number of carbonyl (C=O) groups excluding carboxylic acids is 1. The van der Waals surface area contributed by atoms with Gasteiger partial charge in [-0.3, -0.25) is 5.32 Å². The quantitative estimate of drug-likeness (QED) is 0.329. The third-order valence-corrected chi connectivity index (χ3v) is 5.21. The van der Waals surface area contributed by atoms with Gasteiger partial charge in [0.2, 0.25) is 5.82 Å². The van der Waals surface area contributed by atoms with Crippen LogP contribution < -0.4 is 10.1 Å². The number of nitrogens with one attached hydrogen (secondary N) is 3. The SMILES string of the molecule is O=C(Nc1cccc(-c2nn[nH]n2)c1)Oc1ccc2nc(-c3c(Cl)cccc3Cl)[nH]c2c1. The Bertz CT molecular complexity index is 1410. The van der Waals surface area contributed by atoms with E-state index < -0.39 is 6.09 Å². The number of halogens is 2. The first kappa shape index (κ1) is 20.0. The average molecular weight is 466 g/mol. The summed E-state index contributed by atoms with van der Waals surface area (Å²) in [6, 6.07) is 17.3. The summed E-state index contributed by atoms with van der Waals surface area (Å²) in [6.07, 6.45) is -0.650. The van der Waals surface area contributed by atoms with E-state index in [2.05, 4.69) is 35.9 Å². The summed E-state index contributed by atoms with van der Waals surface area (Å²) < 4.78 is 5.42. The summed E-state index contributed by atoms with van der Waals surface area (Å²) in [5, 5.41) is 17.4. The smallest absolute Gasteiger partial charge is 0.410 e. The summed E-state index contributed by atoms with van der Waals surface area (Å²) in [7, 11) is 0. The Morgan fingerprint density at radius 3 is 2.59 bits per heavy atom. The van der Waals surface area contributed by atoms with Gasteiger partial charge in [0.15, 0.2) is 0 Å². The van der Waals surface area contributed by atoms with Crippen LogP contribution in [0.2, 0.25) is 10.0 Å². The largest absolute Gasteiger partial charge is 0.417 e. The van der Waals surface area contributed by atoms with Gasteiger partial charge in [0.1, 0.15) is 11.6 Å². The summed E-state index contributed by atoms with van der Waals surface area (Å²) in [6.45, 7) is 0. The van der Waals surface area contributed by atoms with Gasteiger partial charge in [-0.05, 0) is 41.6 Å². The first-order valence-electron chi connectivity index (χ1n) is 9.34. The van der Waals surface area contributed by atoms with Crippen molar-refractivity contribution in [1.82, 2.24) is 30.6 Å². The second-order valence-corrected chi connectivity index (χ2v) is 7.51. The molecule has 0 saturated carbocycles. The Hall–Kier alpha value is -3.95. The molecule has 5 aromatic rings. The van der Waals surface area contributed by atoms with E-state index in [0.29, 0.717) is 55.3 Å². The van der Waals surface area contributed by atoms with Crippen LogP contribution in [0.4, 0.5) is 10.5 Å². The fourth-order valence-electron chi connectivity index (χ4n) is 3.17. The Balaban J connectivity index is 1.34. The molecular formula is C21H13Cl2N7O2. The molecule has 9 nitrogen and oxygen atoms in total. The molecule has 32 heavy (non-hydrogen) atoms. The number of ether oxygens (including phenoxy) is 1. The van der Waals surface area contributed by atoms with Gasteiger partial charge in [-0.2, -0.15) is 5.21 Å². The van der Waals surface area contributed by atoms with Crippen molar-refractivity contribution >= 4 is 46.0 Å². The number of carbonyl (C=O) groups is 1. The van der Waals surface area contributed by atoms with Crippen LogP contribution >= 0.6 is 23.2 Å². The normalized spacial score (nSPS) is 10.9. The maximum absolute atomic E-state index is 12.4. The van der Waals surface area contributed by atoms with Gasteiger partial charge in [-0.15, -0.1) is 10.2 Å². The molecule has 0 fully saturated rings. The summed E-state index contributed by atoms with van der Waals surface area (Å²) >= 11 is 12.6. The van der Waals surface area contributed by atoms with Gasteiger partial charge in [0.05, 0.1) is 26.6 Å². The lowest BCUT2D eigenvalue weighted by Gasteiger charge is -2.07. The van der Waals surface area contributed by atoms with E-state index in [0.717, 1.165) is 0 Å². The number of tetrazole rings is 1. The Labute approximate surface area is 190 Å². The number of aromatic nitrogens is 6. The van der Waals surface area contributed by atoms with Gasteiger partial charge < -0.3 is 9.72 Å². The van der Waals surface area contributed by atoms with Crippen LogP contribution in [0, 0.1) is 0 Å². The van der Waals surface area contributed by atoms with Crippen LogP contribution in [0.15, 0.2) is 60.7 Å². The zero-order chi connectivity index (χ0) is 22.1. The third kappa shape index (κ3) is 3.98. The summed E-state index contributed by atoms with van der Waals surface area (Å²) in [5.74, 6) is 1.28. The minimum atomic E-state index is -0.650. The maximum atomic E-state index is 12.4. The van der Waals surface area contributed by atoms with Gasteiger partial charge in [0, 0.05) is 17.3 Å². The topological polar surface area (TPSA) is 121 Å². The van der Waals surface area contributed by atoms with Crippen molar-refractivity contribution in [2.24, 2.45) is 0 Å². The first-order chi connectivity index (χ1) is 15.6. The molecule has 0 bridgehead atoms. The van der Waals surface area contributed by atoms with E-state index in [-0.39, 0.29) is 0 Å². The number of fused-ring (bicyclic) bond motifs is 1. The van der Waals surface area contributed by atoms with Crippen molar-refractivity contribution in [2.45, 2.75) is 0 Å². The number of hydrogen-bond acceptors (Lipinski definition) is 6. The number of H-pyrrole nitrogens is 2. The minimum Gasteiger partial charge on any atom is -0.410 e. The summed E-state index contributed by atoms with van der Waals surface area (Å²) in [5.41, 5.74) is 3.17. The molecule has 0 saturated heterocycles. The lowest BCUT2D eigenvalue weighted by Crippen LogP contribution is -2.16. The number of amides is 1. The molecule has 11 heteroatoms. The molecular weight excluding hydrogens is 453 g/mol. The standard InChI is InChI=1S/C21H13Cl2N7O2/c22-14-5-2-6-15(23)18(14)20-25-16-8-7-13(10-17(16)26-20)32-21(31)24-12-4-1-3-11(9-12)19-27-29-30-28-19/h1-10H,(H,24,31)(H,25,26)(H,27,28,29,30). The molecule has 0 radical (unpaired) electrons. The highest BCUT2D eigenvalue weighted by molar-refractivity contribution is 6.39.